The summed E-state index contributed by atoms with van der Waals surface area (Å²) >= 11 is 6.20. The molecule has 3 aromatic rings. The van der Waals surface area contributed by atoms with Crippen LogP contribution in [0.25, 0.3) is 0 Å². The zero-order valence-corrected chi connectivity index (χ0v) is 26.1. The highest BCUT2D eigenvalue weighted by Gasteiger charge is 2.34. The van der Waals surface area contributed by atoms with Gasteiger partial charge in [-0.2, -0.15) is 0 Å². The normalized spacial score (nSPS) is 14.7. The van der Waals surface area contributed by atoms with E-state index in [0.717, 1.165) is 47.5 Å². The number of amides is 2. The standard InChI is InChI=1S/C33H40ClN3O4S/c1-4-30(33(39)35-28-11-7-5-8-12-28)36(22-26-17-15-24(2)16-18-26)32(38)23-37(31-20-19-27(34)21-25(31)3)42(40,41)29-13-9-6-10-14-29/h6,9-10,13-21,28,30H,4-5,7-8,11-12,22-23H2,1-3H3,(H,35,39)/t30-/m1/s1. The van der Waals surface area contributed by atoms with Gasteiger partial charge in [0.1, 0.15) is 12.6 Å². The number of rotatable bonds is 11. The Morgan fingerprint density at radius 2 is 1.62 bits per heavy atom. The fourth-order valence-corrected chi connectivity index (χ4v) is 7.21. The van der Waals surface area contributed by atoms with Gasteiger partial charge in [0, 0.05) is 17.6 Å². The molecule has 9 heteroatoms. The molecule has 1 aliphatic rings. The van der Waals surface area contributed by atoms with E-state index in [0.29, 0.717) is 22.7 Å². The van der Waals surface area contributed by atoms with Crippen LogP contribution in [0.5, 0.6) is 0 Å². The van der Waals surface area contributed by atoms with Crippen LogP contribution in [0.1, 0.15) is 62.1 Å². The minimum Gasteiger partial charge on any atom is -0.352 e. The molecule has 7 nitrogen and oxygen atoms in total. The van der Waals surface area contributed by atoms with Gasteiger partial charge in [-0.25, -0.2) is 8.42 Å². The van der Waals surface area contributed by atoms with Crippen LogP contribution in [0.4, 0.5) is 5.69 Å². The molecule has 224 valence electrons. The van der Waals surface area contributed by atoms with Gasteiger partial charge in [0.2, 0.25) is 11.8 Å². The van der Waals surface area contributed by atoms with Crippen molar-refractivity contribution in [1.29, 1.82) is 0 Å². The molecule has 0 radical (unpaired) electrons. The van der Waals surface area contributed by atoms with Gasteiger partial charge in [0.05, 0.1) is 10.6 Å². The molecule has 0 unspecified atom stereocenters. The number of carbonyl (C=O) groups is 2. The zero-order valence-electron chi connectivity index (χ0n) is 24.6. The number of aryl methyl sites for hydroxylation is 2. The van der Waals surface area contributed by atoms with Crippen molar-refractivity contribution in [2.24, 2.45) is 0 Å². The van der Waals surface area contributed by atoms with E-state index >= 15 is 0 Å². The third-order valence-electron chi connectivity index (χ3n) is 7.85. The van der Waals surface area contributed by atoms with Gasteiger partial charge in [0.25, 0.3) is 10.0 Å². The monoisotopic (exact) mass is 609 g/mol. The van der Waals surface area contributed by atoms with E-state index in [4.69, 9.17) is 11.6 Å². The Kier molecular flexibility index (Phi) is 10.7. The molecule has 42 heavy (non-hydrogen) atoms. The van der Waals surface area contributed by atoms with E-state index in [1.54, 1.807) is 43.3 Å². The molecule has 1 atom stereocenters. The quantitative estimate of drug-likeness (QED) is 0.272. The van der Waals surface area contributed by atoms with Crippen LogP contribution in [0.3, 0.4) is 0 Å². The lowest BCUT2D eigenvalue weighted by atomic mass is 9.95. The molecular weight excluding hydrogens is 570 g/mol. The maximum atomic E-state index is 14.3. The van der Waals surface area contributed by atoms with Crippen molar-refractivity contribution >= 4 is 39.1 Å². The van der Waals surface area contributed by atoms with Crippen molar-refractivity contribution in [3.8, 4) is 0 Å². The lowest BCUT2D eigenvalue weighted by Crippen LogP contribution is -2.54. The van der Waals surface area contributed by atoms with E-state index in [-0.39, 0.29) is 23.4 Å². The highest BCUT2D eigenvalue weighted by molar-refractivity contribution is 7.92. The number of hydrogen-bond donors (Lipinski definition) is 1. The minimum atomic E-state index is -4.13. The molecule has 1 fully saturated rings. The van der Waals surface area contributed by atoms with Crippen LogP contribution >= 0.6 is 11.6 Å². The Morgan fingerprint density at radius 3 is 2.24 bits per heavy atom. The summed E-state index contributed by atoms with van der Waals surface area (Å²) in [7, 11) is -4.13. The minimum absolute atomic E-state index is 0.0688. The second-order valence-electron chi connectivity index (χ2n) is 11.0. The van der Waals surface area contributed by atoms with E-state index in [1.807, 2.05) is 38.1 Å². The number of nitrogens with one attached hydrogen (secondary N) is 1. The zero-order chi connectivity index (χ0) is 30.3. The molecule has 3 aromatic carbocycles. The first-order chi connectivity index (χ1) is 20.1. The van der Waals surface area contributed by atoms with Crippen molar-refractivity contribution in [1.82, 2.24) is 10.2 Å². The number of anilines is 1. The van der Waals surface area contributed by atoms with Crippen molar-refractivity contribution < 1.29 is 18.0 Å². The fourth-order valence-electron chi connectivity index (χ4n) is 5.49. The van der Waals surface area contributed by atoms with E-state index < -0.39 is 28.5 Å². The first-order valence-corrected chi connectivity index (χ1v) is 16.4. The Bertz CT molecular complexity index is 1470. The Balaban J connectivity index is 1.72. The molecule has 1 N–H and O–H groups in total. The maximum absolute atomic E-state index is 14.3. The van der Waals surface area contributed by atoms with Gasteiger partial charge in [-0.15, -0.1) is 0 Å². The predicted octanol–water partition coefficient (Wildman–Crippen LogP) is 6.41. The van der Waals surface area contributed by atoms with Crippen molar-refractivity contribution in [2.75, 3.05) is 10.8 Å². The molecule has 0 aliphatic heterocycles. The average molecular weight is 610 g/mol. The summed E-state index contributed by atoms with van der Waals surface area (Å²) in [5.41, 5.74) is 2.91. The topological polar surface area (TPSA) is 86.8 Å². The summed E-state index contributed by atoms with van der Waals surface area (Å²) in [5.74, 6) is -0.667. The lowest BCUT2D eigenvalue weighted by Gasteiger charge is -2.34. The summed E-state index contributed by atoms with van der Waals surface area (Å²) < 4.78 is 29.1. The lowest BCUT2D eigenvalue weighted by molar-refractivity contribution is -0.140. The van der Waals surface area contributed by atoms with E-state index in [9.17, 15) is 18.0 Å². The SMILES string of the molecule is CC[C@H](C(=O)NC1CCCCC1)N(Cc1ccc(C)cc1)C(=O)CN(c1ccc(Cl)cc1C)S(=O)(=O)c1ccccc1. The number of hydrogen-bond acceptors (Lipinski definition) is 4. The predicted molar refractivity (Wildman–Crippen MR) is 168 cm³/mol. The molecule has 4 rings (SSSR count). The highest BCUT2D eigenvalue weighted by Crippen LogP contribution is 2.29. The highest BCUT2D eigenvalue weighted by atomic mass is 35.5. The summed E-state index contributed by atoms with van der Waals surface area (Å²) in [6.07, 6.45) is 5.54. The van der Waals surface area contributed by atoms with Gasteiger partial charge in [-0.3, -0.25) is 13.9 Å². The third-order valence-corrected chi connectivity index (χ3v) is 9.86. The van der Waals surface area contributed by atoms with Crippen molar-refractivity contribution in [3.63, 3.8) is 0 Å². The molecule has 1 saturated carbocycles. The van der Waals surface area contributed by atoms with Crippen molar-refractivity contribution in [3.05, 3.63) is 94.5 Å². The Hall–Kier alpha value is -3.36. The molecule has 0 aromatic heterocycles. The number of sulfonamides is 1. The number of nitrogens with zero attached hydrogens (tertiary/aromatic N) is 2. The molecule has 0 spiro atoms. The van der Waals surface area contributed by atoms with E-state index in [2.05, 4.69) is 5.32 Å². The Morgan fingerprint density at radius 1 is 0.952 bits per heavy atom. The van der Waals surface area contributed by atoms with Crippen LogP contribution in [0.15, 0.2) is 77.7 Å². The first kappa shape index (κ1) is 31.6. The van der Waals surface area contributed by atoms with Crippen LogP contribution in [0, 0.1) is 13.8 Å². The first-order valence-electron chi connectivity index (χ1n) is 14.6. The van der Waals surface area contributed by atoms with Crippen LogP contribution < -0.4 is 9.62 Å². The van der Waals surface area contributed by atoms with Crippen LogP contribution in [-0.4, -0.2) is 43.8 Å². The van der Waals surface area contributed by atoms with Gasteiger partial charge < -0.3 is 10.2 Å². The summed E-state index contributed by atoms with van der Waals surface area (Å²) in [6, 6.07) is 20.1. The number of halogens is 1. The van der Waals surface area contributed by atoms with Crippen LogP contribution in [-0.2, 0) is 26.2 Å². The summed E-state index contributed by atoms with van der Waals surface area (Å²) in [5, 5.41) is 3.64. The molecule has 0 bridgehead atoms. The van der Waals surface area contributed by atoms with Gasteiger partial charge in [-0.05, 0) is 74.6 Å². The number of benzene rings is 3. The Labute approximate surface area is 254 Å². The van der Waals surface area contributed by atoms with Crippen molar-refractivity contribution in [2.45, 2.75) is 82.8 Å². The van der Waals surface area contributed by atoms with E-state index in [1.165, 1.54) is 17.0 Å². The summed E-state index contributed by atoms with van der Waals surface area (Å²) in [6.45, 7) is 5.32. The van der Waals surface area contributed by atoms with Crippen LogP contribution in [0.2, 0.25) is 5.02 Å². The molecule has 1 aliphatic carbocycles. The molecule has 2 amide bonds. The smallest absolute Gasteiger partial charge is 0.264 e. The maximum Gasteiger partial charge on any atom is 0.264 e. The second kappa shape index (κ2) is 14.2. The third kappa shape index (κ3) is 7.72. The fraction of sp³-hybridized carbons (Fsp3) is 0.394. The molecule has 0 saturated heterocycles. The largest absolute Gasteiger partial charge is 0.352 e. The molecular formula is C33H40ClN3O4S. The van der Waals surface area contributed by atoms with Gasteiger partial charge >= 0.3 is 0 Å². The second-order valence-corrected chi connectivity index (χ2v) is 13.3. The average Bonchev–Trinajstić information content (AvgIpc) is 2.98. The van der Waals surface area contributed by atoms with Gasteiger partial charge in [-0.1, -0.05) is 85.8 Å². The van der Waals surface area contributed by atoms with Gasteiger partial charge in [0.15, 0.2) is 0 Å². The summed E-state index contributed by atoms with van der Waals surface area (Å²) in [4.78, 5) is 29.5. The molecule has 0 heterocycles. The number of carbonyl (C=O) groups excluding carboxylic acids is 2.